The summed E-state index contributed by atoms with van der Waals surface area (Å²) in [6.07, 6.45) is 2.59. The normalized spacial score (nSPS) is 15.5. The fraction of sp³-hybridized carbons (Fsp3) is 0.217. The van der Waals surface area contributed by atoms with E-state index in [-0.39, 0.29) is 11.9 Å². The average molecular weight is 357 g/mol. The zero-order chi connectivity index (χ0) is 18.8. The smallest absolute Gasteiger partial charge is 0.260 e. The predicted octanol–water partition coefficient (Wildman–Crippen LogP) is 4.83. The highest BCUT2D eigenvalue weighted by atomic mass is 16.2. The lowest BCUT2D eigenvalue weighted by Gasteiger charge is -2.24. The Morgan fingerprint density at radius 3 is 2.52 bits per heavy atom. The van der Waals surface area contributed by atoms with Crippen LogP contribution in [0.5, 0.6) is 0 Å². The molecule has 0 N–H and O–H groups in total. The van der Waals surface area contributed by atoms with E-state index in [2.05, 4.69) is 41.9 Å². The minimum absolute atomic E-state index is 0.00857. The number of hydrogen-bond acceptors (Lipinski definition) is 3. The molecule has 2 heterocycles. The van der Waals surface area contributed by atoms with Crippen LogP contribution in [-0.2, 0) is 6.42 Å². The molecule has 4 rings (SSSR count). The number of amides is 1. The summed E-state index contributed by atoms with van der Waals surface area (Å²) in [6.45, 7) is 4.99. The van der Waals surface area contributed by atoms with E-state index in [1.54, 1.807) is 6.20 Å². The number of para-hydroxylation sites is 2. The van der Waals surface area contributed by atoms with Crippen LogP contribution in [0.4, 0.5) is 17.2 Å². The van der Waals surface area contributed by atoms with Gasteiger partial charge in [0.15, 0.2) is 0 Å². The Hall–Kier alpha value is -3.14. The highest BCUT2D eigenvalue weighted by molar-refractivity contribution is 6.07. The number of fused-ring (bicyclic) bond motifs is 1. The molecule has 0 bridgehead atoms. The minimum atomic E-state index is 0.00857. The van der Waals surface area contributed by atoms with Crippen molar-refractivity contribution in [3.63, 3.8) is 0 Å². The van der Waals surface area contributed by atoms with Gasteiger partial charge in [0, 0.05) is 30.2 Å². The summed E-state index contributed by atoms with van der Waals surface area (Å²) >= 11 is 0. The lowest BCUT2D eigenvalue weighted by molar-refractivity contribution is 0.0981. The van der Waals surface area contributed by atoms with Crippen LogP contribution in [0.25, 0.3) is 0 Å². The zero-order valence-corrected chi connectivity index (χ0v) is 15.7. The van der Waals surface area contributed by atoms with Crippen LogP contribution in [0.1, 0.15) is 29.8 Å². The first-order valence-electron chi connectivity index (χ1n) is 9.39. The lowest BCUT2D eigenvalue weighted by atomic mass is 10.1. The third-order valence-corrected chi connectivity index (χ3v) is 5.08. The quantitative estimate of drug-likeness (QED) is 0.671. The Balaban J connectivity index is 1.60. The van der Waals surface area contributed by atoms with Crippen molar-refractivity contribution in [1.29, 1.82) is 0 Å². The fourth-order valence-corrected chi connectivity index (χ4v) is 3.77. The Morgan fingerprint density at radius 2 is 1.81 bits per heavy atom. The summed E-state index contributed by atoms with van der Waals surface area (Å²) in [5.74, 6) is 0.851. The van der Waals surface area contributed by atoms with E-state index in [1.807, 2.05) is 53.4 Å². The van der Waals surface area contributed by atoms with Gasteiger partial charge in [0.05, 0.1) is 5.56 Å². The number of carbonyl (C=O) groups excluding carboxylic acids is 1. The van der Waals surface area contributed by atoms with Gasteiger partial charge >= 0.3 is 0 Å². The maximum Gasteiger partial charge on any atom is 0.260 e. The minimum Gasteiger partial charge on any atom is -0.327 e. The number of carbonyl (C=O) groups is 1. The predicted molar refractivity (Wildman–Crippen MR) is 110 cm³/mol. The highest BCUT2D eigenvalue weighted by Gasteiger charge is 2.31. The van der Waals surface area contributed by atoms with E-state index in [9.17, 15) is 4.79 Å². The summed E-state index contributed by atoms with van der Waals surface area (Å²) in [4.78, 5) is 21.7. The molecule has 1 aliphatic rings. The molecule has 0 radical (unpaired) electrons. The Bertz CT molecular complexity index is 937. The van der Waals surface area contributed by atoms with E-state index in [0.29, 0.717) is 5.56 Å². The van der Waals surface area contributed by atoms with Gasteiger partial charge in [-0.05, 0) is 56.2 Å². The first-order valence-corrected chi connectivity index (χ1v) is 9.39. The van der Waals surface area contributed by atoms with Crippen molar-refractivity contribution < 1.29 is 4.79 Å². The summed E-state index contributed by atoms with van der Waals surface area (Å²) in [5, 5.41) is 0. The van der Waals surface area contributed by atoms with Gasteiger partial charge in [-0.15, -0.1) is 0 Å². The molecule has 0 saturated carbocycles. The molecule has 0 spiro atoms. The second kappa shape index (κ2) is 7.23. The van der Waals surface area contributed by atoms with Gasteiger partial charge in [-0.3, -0.25) is 4.79 Å². The molecule has 1 aliphatic heterocycles. The molecule has 0 aliphatic carbocycles. The van der Waals surface area contributed by atoms with Crippen LogP contribution < -0.4 is 9.80 Å². The number of hydrogen-bond donors (Lipinski definition) is 0. The molecular formula is C23H23N3O. The summed E-state index contributed by atoms with van der Waals surface area (Å²) < 4.78 is 0. The lowest BCUT2D eigenvalue weighted by Crippen LogP contribution is -2.35. The van der Waals surface area contributed by atoms with Gasteiger partial charge in [-0.2, -0.15) is 0 Å². The SMILES string of the molecule is CCN(c1ccccc1)c1ccc(C(=O)N2c3ccccc3CC2C)cn1. The van der Waals surface area contributed by atoms with Crippen molar-refractivity contribution in [2.24, 2.45) is 0 Å². The van der Waals surface area contributed by atoms with Crippen molar-refractivity contribution >= 4 is 23.1 Å². The molecule has 136 valence electrons. The summed E-state index contributed by atoms with van der Waals surface area (Å²) in [5.41, 5.74) is 3.95. The van der Waals surface area contributed by atoms with Gasteiger partial charge in [-0.1, -0.05) is 36.4 Å². The molecule has 27 heavy (non-hydrogen) atoms. The van der Waals surface area contributed by atoms with Gasteiger partial charge in [0.25, 0.3) is 5.91 Å². The fourth-order valence-electron chi connectivity index (χ4n) is 3.77. The number of benzene rings is 2. The average Bonchev–Trinajstić information content (AvgIpc) is 3.05. The molecule has 3 aromatic rings. The number of aromatic nitrogens is 1. The first kappa shape index (κ1) is 17.3. The first-order chi connectivity index (χ1) is 13.2. The Labute approximate surface area is 160 Å². The molecule has 1 aromatic heterocycles. The molecule has 2 aromatic carbocycles. The maximum absolute atomic E-state index is 13.1. The van der Waals surface area contributed by atoms with Crippen LogP contribution in [0.15, 0.2) is 72.9 Å². The van der Waals surface area contributed by atoms with Gasteiger partial charge in [-0.25, -0.2) is 4.98 Å². The topological polar surface area (TPSA) is 36.4 Å². The van der Waals surface area contributed by atoms with E-state index >= 15 is 0 Å². The van der Waals surface area contributed by atoms with Crippen molar-refractivity contribution in [1.82, 2.24) is 4.98 Å². The monoisotopic (exact) mass is 357 g/mol. The maximum atomic E-state index is 13.1. The number of rotatable bonds is 4. The van der Waals surface area contributed by atoms with E-state index in [1.165, 1.54) is 5.56 Å². The molecule has 1 atom stereocenters. The van der Waals surface area contributed by atoms with Crippen LogP contribution in [0.3, 0.4) is 0 Å². The van der Waals surface area contributed by atoms with Gasteiger partial charge in [0.1, 0.15) is 5.82 Å². The van der Waals surface area contributed by atoms with E-state index < -0.39 is 0 Å². The third kappa shape index (κ3) is 3.19. The van der Waals surface area contributed by atoms with Crippen LogP contribution in [0, 0.1) is 0 Å². The standard InChI is InChI=1S/C23H23N3O/c1-3-25(20-10-5-4-6-11-20)22-14-13-19(16-24-22)23(27)26-17(2)15-18-9-7-8-12-21(18)26/h4-14,16-17H,3,15H2,1-2H3. The number of pyridine rings is 1. The second-order valence-electron chi connectivity index (χ2n) is 6.84. The number of nitrogens with zero attached hydrogens (tertiary/aromatic N) is 3. The molecule has 0 fully saturated rings. The molecule has 0 saturated heterocycles. The third-order valence-electron chi connectivity index (χ3n) is 5.08. The molecule has 1 amide bonds. The van der Waals surface area contributed by atoms with Crippen LogP contribution in [0.2, 0.25) is 0 Å². The molecule has 1 unspecified atom stereocenters. The van der Waals surface area contributed by atoms with E-state index in [0.717, 1.165) is 30.2 Å². The van der Waals surface area contributed by atoms with Crippen molar-refractivity contribution in [3.05, 3.63) is 84.1 Å². The highest BCUT2D eigenvalue weighted by Crippen LogP contribution is 2.33. The second-order valence-corrected chi connectivity index (χ2v) is 6.84. The van der Waals surface area contributed by atoms with Gasteiger partial charge < -0.3 is 9.80 Å². The summed E-state index contributed by atoms with van der Waals surface area (Å²) in [7, 11) is 0. The molecule has 4 heteroatoms. The molecular weight excluding hydrogens is 334 g/mol. The van der Waals surface area contributed by atoms with Gasteiger partial charge in [0.2, 0.25) is 0 Å². The summed E-state index contributed by atoms with van der Waals surface area (Å²) in [6, 6.07) is 22.3. The largest absolute Gasteiger partial charge is 0.327 e. The van der Waals surface area contributed by atoms with E-state index in [4.69, 9.17) is 0 Å². The Kier molecular flexibility index (Phi) is 4.63. The Morgan fingerprint density at radius 1 is 1.07 bits per heavy atom. The van der Waals surface area contributed by atoms with Crippen LogP contribution >= 0.6 is 0 Å². The van der Waals surface area contributed by atoms with Crippen molar-refractivity contribution in [2.75, 3.05) is 16.3 Å². The van der Waals surface area contributed by atoms with Crippen LogP contribution in [-0.4, -0.2) is 23.5 Å². The van der Waals surface area contributed by atoms with Crippen molar-refractivity contribution in [3.8, 4) is 0 Å². The van der Waals surface area contributed by atoms with Crippen molar-refractivity contribution in [2.45, 2.75) is 26.3 Å². The number of anilines is 3. The zero-order valence-electron chi connectivity index (χ0n) is 15.7. The molecule has 4 nitrogen and oxygen atoms in total.